The molecule has 1 rings (SSSR count). The normalized spacial score (nSPS) is 10.0. The molecule has 0 heterocycles. The summed E-state index contributed by atoms with van der Waals surface area (Å²) in [6.07, 6.45) is 1.61. The van der Waals surface area contributed by atoms with Crippen molar-refractivity contribution in [2.75, 3.05) is 25.0 Å². The summed E-state index contributed by atoms with van der Waals surface area (Å²) in [4.78, 5) is 25.4. The molecule has 0 aliphatic carbocycles. The molecule has 1 aromatic carbocycles. The van der Waals surface area contributed by atoms with E-state index in [-0.39, 0.29) is 6.09 Å². The topological polar surface area (TPSA) is 67.9 Å². The summed E-state index contributed by atoms with van der Waals surface area (Å²) in [6.45, 7) is 7.64. The summed E-state index contributed by atoms with van der Waals surface area (Å²) in [7, 11) is 0. The number of ether oxygens (including phenoxy) is 2. The second kappa shape index (κ2) is 10.5. The molecule has 0 fully saturated rings. The molecule has 6 nitrogen and oxygen atoms in total. The van der Waals surface area contributed by atoms with Crippen LogP contribution in [-0.2, 0) is 4.74 Å². The molecule has 0 unspecified atom stereocenters. The number of carbonyl (C=O) groups is 2. The van der Waals surface area contributed by atoms with Gasteiger partial charge in [0.1, 0.15) is 5.75 Å². The van der Waals surface area contributed by atoms with Gasteiger partial charge in [0, 0.05) is 24.8 Å². The molecule has 1 N–H and O–H groups in total. The first-order chi connectivity index (χ1) is 11.1. The van der Waals surface area contributed by atoms with Crippen molar-refractivity contribution in [2.24, 2.45) is 0 Å². The predicted octanol–water partition coefficient (Wildman–Crippen LogP) is 4.27. The van der Waals surface area contributed by atoms with Crippen LogP contribution in [0.4, 0.5) is 15.3 Å². The Bertz CT molecular complexity index is 499. The molecule has 0 saturated heterocycles. The van der Waals surface area contributed by atoms with Crippen molar-refractivity contribution in [2.45, 2.75) is 40.0 Å². The van der Waals surface area contributed by atoms with E-state index in [0.29, 0.717) is 31.1 Å². The number of carbonyl (C=O) groups excluding carboxylic acids is 2. The van der Waals surface area contributed by atoms with Crippen LogP contribution in [0, 0.1) is 0 Å². The number of nitrogens with one attached hydrogen (secondary N) is 1. The first-order valence-electron chi connectivity index (χ1n) is 8.11. The van der Waals surface area contributed by atoms with Crippen LogP contribution in [0.3, 0.4) is 0 Å². The van der Waals surface area contributed by atoms with Gasteiger partial charge in [0.15, 0.2) is 0 Å². The minimum atomic E-state index is -0.520. The van der Waals surface area contributed by atoms with E-state index in [1.54, 1.807) is 29.2 Å². The number of hydrogen-bond acceptors (Lipinski definition) is 4. The average molecular weight is 322 g/mol. The third kappa shape index (κ3) is 7.04. The van der Waals surface area contributed by atoms with Crippen molar-refractivity contribution in [3.63, 3.8) is 0 Å². The van der Waals surface area contributed by atoms with Gasteiger partial charge in [-0.2, -0.15) is 0 Å². The van der Waals surface area contributed by atoms with Gasteiger partial charge >= 0.3 is 12.2 Å². The number of benzene rings is 1. The van der Waals surface area contributed by atoms with Gasteiger partial charge in [-0.15, -0.1) is 0 Å². The first-order valence-corrected chi connectivity index (χ1v) is 8.11. The largest absolute Gasteiger partial charge is 0.449 e. The Morgan fingerprint density at radius 3 is 2.39 bits per heavy atom. The van der Waals surface area contributed by atoms with E-state index in [0.717, 1.165) is 19.3 Å². The molecule has 0 atom stereocenters. The molecule has 0 radical (unpaired) electrons. The standard InChI is InChI=1S/C17H26N2O4/c1-4-10-19(11-5-2)17(21)23-15-9-7-8-14(13-15)18-16(20)22-12-6-3/h7-9,13H,4-6,10-12H2,1-3H3,(H,18,20). The SMILES string of the molecule is CCCOC(=O)Nc1cccc(OC(=O)N(CCC)CCC)c1. The first kappa shape index (κ1) is 18.8. The Labute approximate surface area is 137 Å². The summed E-state index contributed by atoms with van der Waals surface area (Å²) in [6, 6.07) is 6.69. The zero-order valence-electron chi connectivity index (χ0n) is 14.1. The van der Waals surface area contributed by atoms with Gasteiger partial charge in [0.05, 0.1) is 6.61 Å². The fourth-order valence-electron chi connectivity index (χ4n) is 1.99. The van der Waals surface area contributed by atoms with Crippen LogP contribution in [0.2, 0.25) is 0 Å². The molecule has 23 heavy (non-hydrogen) atoms. The lowest BCUT2D eigenvalue weighted by Crippen LogP contribution is -2.34. The van der Waals surface area contributed by atoms with Crippen LogP contribution >= 0.6 is 0 Å². The molecule has 2 amide bonds. The Hall–Kier alpha value is -2.24. The second-order valence-corrected chi connectivity index (χ2v) is 5.14. The van der Waals surface area contributed by atoms with Gasteiger partial charge in [0.25, 0.3) is 0 Å². The van der Waals surface area contributed by atoms with Gasteiger partial charge in [-0.25, -0.2) is 9.59 Å². The highest BCUT2D eigenvalue weighted by Crippen LogP contribution is 2.18. The Morgan fingerprint density at radius 1 is 1.09 bits per heavy atom. The van der Waals surface area contributed by atoms with Crippen LogP contribution in [0.1, 0.15) is 40.0 Å². The Kier molecular flexibility index (Phi) is 8.57. The van der Waals surface area contributed by atoms with Gasteiger partial charge in [-0.3, -0.25) is 5.32 Å². The van der Waals surface area contributed by atoms with Gasteiger partial charge in [-0.05, 0) is 31.4 Å². The van der Waals surface area contributed by atoms with E-state index >= 15 is 0 Å². The molecular formula is C17H26N2O4. The van der Waals surface area contributed by atoms with E-state index in [2.05, 4.69) is 5.32 Å². The molecule has 0 aliphatic rings. The molecule has 128 valence electrons. The van der Waals surface area contributed by atoms with Gasteiger partial charge in [-0.1, -0.05) is 26.8 Å². The molecule has 0 spiro atoms. The van der Waals surface area contributed by atoms with Crippen LogP contribution in [-0.4, -0.2) is 36.8 Å². The van der Waals surface area contributed by atoms with Crippen LogP contribution in [0.25, 0.3) is 0 Å². The van der Waals surface area contributed by atoms with E-state index < -0.39 is 6.09 Å². The summed E-state index contributed by atoms with van der Waals surface area (Å²) in [5.74, 6) is 0.389. The summed E-state index contributed by atoms with van der Waals surface area (Å²) in [5, 5.41) is 2.60. The zero-order chi connectivity index (χ0) is 17.1. The van der Waals surface area contributed by atoms with Crippen LogP contribution in [0.15, 0.2) is 24.3 Å². The van der Waals surface area contributed by atoms with E-state index in [1.807, 2.05) is 20.8 Å². The zero-order valence-corrected chi connectivity index (χ0v) is 14.1. The Morgan fingerprint density at radius 2 is 1.78 bits per heavy atom. The highest BCUT2D eigenvalue weighted by Gasteiger charge is 2.14. The molecule has 0 aliphatic heterocycles. The maximum atomic E-state index is 12.2. The maximum absolute atomic E-state index is 12.2. The van der Waals surface area contributed by atoms with Crippen molar-refractivity contribution in [3.8, 4) is 5.75 Å². The molecule has 1 aromatic rings. The minimum absolute atomic E-state index is 0.365. The maximum Gasteiger partial charge on any atom is 0.415 e. The average Bonchev–Trinajstić information content (AvgIpc) is 2.53. The minimum Gasteiger partial charge on any atom is -0.449 e. The number of nitrogens with zero attached hydrogens (tertiary/aromatic N) is 1. The fourth-order valence-corrected chi connectivity index (χ4v) is 1.99. The quantitative estimate of drug-likeness (QED) is 0.776. The van der Waals surface area contributed by atoms with E-state index in [9.17, 15) is 9.59 Å². The number of anilines is 1. The molecule has 6 heteroatoms. The number of amides is 2. The van der Waals surface area contributed by atoms with Crippen molar-refractivity contribution >= 4 is 17.9 Å². The number of rotatable bonds is 8. The fraction of sp³-hybridized carbons (Fsp3) is 0.529. The van der Waals surface area contributed by atoms with Crippen molar-refractivity contribution in [3.05, 3.63) is 24.3 Å². The van der Waals surface area contributed by atoms with E-state index in [4.69, 9.17) is 9.47 Å². The monoisotopic (exact) mass is 322 g/mol. The van der Waals surface area contributed by atoms with Crippen LogP contribution < -0.4 is 10.1 Å². The highest BCUT2D eigenvalue weighted by atomic mass is 16.6. The summed E-state index contributed by atoms with van der Waals surface area (Å²) >= 11 is 0. The molecule has 0 saturated carbocycles. The highest BCUT2D eigenvalue weighted by molar-refractivity contribution is 5.85. The van der Waals surface area contributed by atoms with Crippen LogP contribution in [0.5, 0.6) is 5.75 Å². The molecule has 0 aromatic heterocycles. The third-order valence-corrected chi connectivity index (χ3v) is 2.97. The van der Waals surface area contributed by atoms with E-state index in [1.165, 1.54) is 0 Å². The second-order valence-electron chi connectivity index (χ2n) is 5.14. The lowest BCUT2D eigenvalue weighted by Gasteiger charge is -2.20. The predicted molar refractivity (Wildman–Crippen MR) is 89.9 cm³/mol. The lowest BCUT2D eigenvalue weighted by molar-refractivity contribution is 0.152. The smallest absolute Gasteiger partial charge is 0.415 e. The Balaban J connectivity index is 2.65. The van der Waals surface area contributed by atoms with Crippen molar-refractivity contribution < 1.29 is 19.1 Å². The van der Waals surface area contributed by atoms with Gasteiger partial charge < -0.3 is 14.4 Å². The van der Waals surface area contributed by atoms with Gasteiger partial charge in [0.2, 0.25) is 0 Å². The molecular weight excluding hydrogens is 296 g/mol. The van der Waals surface area contributed by atoms with Crippen molar-refractivity contribution in [1.29, 1.82) is 0 Å². The number of hydrogen-bond donors (Lipinski definition) is 1. The van der Waals surface area contributed by atoms with Crippen molar-refractivity contribution in [1.82, 2.24) is 4.90 Å². The lowest BCUT2D eigenvalue weighted by atomic mass is 10.3. The summed E-state index contributed by atoms with van der Waals surface area (Å²) < 4.78 is 10.3. The summed E-state index contributed by atoms with van der Waals surface area (Å²) in [5.41, 5.74) is 0.522. The third-order valence-electron chi connectivity index (χ3n) is 2.97. The molecule has 0 bridgehead atoms.